The highest BCUT2D eigenvalue weighted by Crippen LogP contribution is 2.23. The first kappa shape index (κ1) is 16.4. The first-order valence-electron chi connectivity index (χ1n) is 7.18. The third kappa shape index (κ3) is 4.10. The summed E-state index contributed by atoms with van der Waals surface area (Å²) in [5, 5.41) is 1.90. The molecule has 0 aliphatic carbocycles. The molecule has 7 heteroatoms. The minimum Gasteiger partial charge on any atom is -0.336 e. The van der Waals surface area contributed by atoms with Crippen LogP contribution in [0, 0.1) is 0 Å². The van der Waals surface area contributed by atoms with E-state index in [9.17, 15) is 9.59 Å². The summed E-state index contributed by atoms with van der Waals surface area (Å²) in [6.07, 6.45) is 3.44. The van der Waals surface area contributed by atoms with Crippen molar-refractivity contribution in [3.8, 4) is 0 Å². The Morgan fingerprint density at radius 3 is 2.43 bits per heavy atom. The van der Waals surface area contributed by atoms with E-state index in [2.05, 4.69) is 15.9 Å². The van der Waals surface area contributed by atoms with Crippen LogP contribution >= 0.6 is 38.6 Å². The average Bonchev–Trinajstić information content (AvgIpc) is 3.24. The van der Waals surface area contributed by atoms with Crippen LogP contribution in [0.3, 0.4) is 0 Å². The molecule has 0 aromatic carbocycles. The quantitative estimate of drug-likeness (QED) is 0.725. The van der Waals surface area contributed by atoms with Gasteiger partial charge in [-0.2, -0.15) is 0 Å². The highest BCUT2D eigenvalue weighted by atomic mass is 79.9. The van der Waals surface area contributed by atoms with E-state index in [0.717, 1.165) is 13.5 Å². The molecule has 120 valence electrons. The number of carbonyl (C=O) groups excluding carboxylic acids is 2. The van der Waals surface area contributed by atoms with Crippen LogP contribution in [0.5, 0.6) is 0 Å². The van der Waals surface area contributed by atoms with E-state index in [1.165, 1.54) is 11.3 Å². The first-order valence-corrected chi connectivity index (χ1v) is 9.67. The van der Waals surface area contributed by atoms with Crippen molar-refractivity contribution in [2.45, 2.75) is 0 Å². The molecule has 1 fully saturated rings. The highest BCUT2D eigenvalue weighted by Gasteiger charge is 2.24. The molecule has 0 N–H and O–H groups in total. The van der Waals surface area contributed by atoms with Crippen molar-refractivity contribution < 1.29 is 9.59 Å². The van der Waals surface area contributed by atoms with Gasteiger partial charge in [0.25, 0.3) is 5.91 Å². The van der Waals surface area contributed by atoms with Crippen molar-refractivity contribution in [2.24, 2.45) is 0 Å². The van der Waals surface area contributed by atoms with Crippen molar-refractivity contribution in [2.75, 3.05) is 26.2 Å². The summed E-state index contributed by atoms with van der Waals surface area (Å²) in [6, 6.07) is 7.65. The molecule has 0 unspecified atom stereocenters. The molecule has 4 nitrogen and oxygen atoms in total. The van der Waals surface area contributed by atoms with Gasteiger partial charge in [-0.25, -0.2) is 0 Å². The molecular weight excluding hydrogens is 396 g/mol. The van der Waals surface area contributed by atoms with Crippen LogP contribution in [-0.4, -0.2) is 47.8 Å². The summed E-state index contributed by atoms with van der Waals surface area (Å²) in [6.45, 7) is 2.32. The van der Waals surface area contributed by atoms with Crippen molar-refractivity contribution >= 4 is 56.5 Å². The standard InChI is InChI=1S/C16H15BrN2O2S2/c17-14-5-3-12(23-14)4-6-15(20)18-7-9-19(10-8-18)16(21)13-2-1-11-22-13/h1-6,11H,7-10H2. The SMILES string of the molecule is O=C(C=Cc1ccc(Br)s1)N1CCN(C(=O)c2cccs2)CC1. The Morgan fingerprint density at radius 1 is 1.09 bits per heavy atom. The first-order chi connectivity index (χ1) is 11.1. The molecule has 2 aromatic rings. The van der Waals surface area contributed by atoms with E-state index < -0.39 is 0 Å². The van der Waals surface area contributed by atoms with Gasteiger partial charge in [0.15, 0.2) is 0 Å². The molecule has 0 saturated carbocycles. The zero-order valence-corrected chi connectivity index (χ0v) is 15.5. The Labute approximate surface area is 151 Å². The van der Waals surface area contributed by atoms with E-state index in [1.54, 1.807) is 22.3 Å². The molecule has 1 aliphatic rings. The van der Waals surface area contributed by atoms with E-state index in [-0.39, 0.29) is 11.8 Å². The monoisotopic (exact) mass is 410 g/mol. The minimum absolute atomic E-state index is 0.00209. The molecule has 2 aromatic heterocycles. The van der Waals surface area contributed by atoms with Crippen LogP contribution < -0.4 is 0 Å². The van der Waals surface area contributed by atoms with Crippen molar-refractivity contribution in [3.05, 3.63) is 49.3 Å². The van der Waals surface area contributed by atoms with E-state index in [0.29, 0.717) is 26.2 Å². The molecule has 1 saturated heterocycles. The number of nitrogens with zero attached hydrogens (tertiary/aromatic N) is 2. The number of halogens is 1. The van der Waals surface area contributed by atoms with Gasteiger partial charge in [0.1, 0.15) is 0 Å². The lowest BCUT2D eigenvalue weighted by Crippen LogP contribution is -2.50. The third-order valence-electron chi connectivity index (χ3n) is 3.59. The number of hydrogen-bond donors (Lipinski definition) is 0. The molecule has 2 amide bonds. The molecule has 0 radical (unpaired) electrons. The lowest BCUT2D eigenvalue weighted by molar-refractivity contribution is -0.127. The van der Waals surface area contributed by atoms with Gasteiger partial charge < -0.3 is 9.80 Å². The van der Waals surface area contributed by atoms with Crippen LogP contribution in [0.1, 0.15) is 14.5 Å². The largest absolute Gasteiger partial charge is 0.336 e. The molecule has 23 heavy (non-hydrogen) atoms. The Balaban J connectivity index is 1.53. The second-order valence-electron chi connectivity index (χ2n) is 5.07. The van der Waals surface area contributed by atoms with Gasteiger partial charge in [-0.05, 0) is 45.6 Å². The summed E-state index contributed by atoms with van der Waals surface area (Å²) < 4.78 is 1.05. The maximum Gasteiger partial charge on any atom is 0.264 e. The summed E-state index contributed by atoms with van der Waals surface area (Å²) in [7, 11) is 0. The Hall–Kier alpha value is -1.44. The number of carbonyl (C=O) groups is 2. The van der Waals surface area contributed by atoms with Gasteiger partial charge in [-0.3, -0.25) is 9.59 Å². The van der Waals surface area contributed by atoms with Crippen LogP contribution in [-0.2, 0) is 4.79 Å². The predicted octanol–water partition coefficient (Wildman–Crippen LogP) is 3.57. The van der Waals surface area contributed by atoms with Crippen LogP contribution in [0.25, 0.3) is 6.08 Å². The molecule has 0 spiro atoms. The lowest BCUT2D eigenvalue weighted by Gasteiger charge is -2.34. The molecule has 3 heterocycles. The molecular formula is C16H15BrN2O2S2. The fourth-order valence-corrected chi connectivity index (χ4v) is 4.38. The van der Waals surface area contributed by atoms with Crippen molar-refractivity contribution in [1.82, 2.24) is 9.80 Å². The third-order valence-corrected chi connectivity index (χ3v) is 6.04. The second kappa shape index (κ2) is 7.42. The van der Waals surface area contributed by atoms with Gasteiger partial charge >= 0.3 is 0 Å². The number of thiophene rings is 2. The minimum atomic E-state index is -0.00209. The Bertz CT molecular complexity index is 716. The van der Waals surface area contributed by atoms with E-state index >= 15 is 0 Å². The number of hydrogen-bond acceptors (Lipinski definition) is 4. The van der Waals surface area contributed by atoms with E-state index in [4.69, 9.17) is 0 Å². The zero-order valence-electron chi connectivity index (χ0n) is 12.3. The summed E-state index contributed by atoms with van der Waals surface area (Å²) in [4.78, 5) is 29.9. The topological polar surface area (TPSA) is 40.6 Å². The van der Waals surface area contributed by atoms with Crippen LogP contribution in [0.2, 0.25) is 0 Å². The van der Waals surface area contributed by atoms with E-state index in [1.807, 2.05) is 40.6 Å². The van der Waals surface area contributed by atoms with Gasteiger partial charge in [-0.15, -0.1) is 22.7 Å². The van der Waals surface area contributed by atoms with Gasteiger partial charge in [0.2, 0.25) is 5.91 Å². The van der Waals surface area contributed by atoms with Crippen molar-refractivity contribution in [1.29, 1.82) is 0 Å². The summed E-state index contributed by atoms with van der Waals surface area (Å²) >= 11 is 6.45. The maximum atomic E-state index is 12.3. The fourth-order valence-electron chi connectivity index (χ4n) is 2.36. The molecule has 1 aliphatic heterocycles. The highest BCUT2D eigenvalue weighted by molar-refractivity contribution is 9.11. The summed E-state index contributed by atoms with van der Waals surface area (Å²) in [5.74, 6) is 0.0591. The van der Waals surface area contributed by atoms with Crippen molar-refractivity contribution in [3.63, 3.8) is 0 Å². The fraction of sp³-hybridized carbons (Fsp3) is 0.250. The molecule has 0 atom stereocenters. The normalized spacial score (nSPS) is 15.3. The zero-order chi connectivity index (χ0) is 16.2. The predicted molar refractivity (Wildman–Crippen MR) is 97.9 cm³/mol. The van der Waals surface area contributed by atoms with Crippen LogP contribution in [0.15, 0.2) is 39.5 Å². The van der Waals surface area contributed by atoms with Crippen LogP contribution in [0.4, 0.5) is 0 Å². The smallest absolute Gasteiger partial charge is 0.264 e. The van der Waals surface area contributed by atoms with Gasteiger partial charge in [0, 0.05) is 37.1 Å². The van der Waals surface area contributed by atoms with Gasteiger partial charge in [-0.1, -0.05) is 6.07 Å². The number of amides is 2. The molecule has 0 bridgehead atoms. The lowest BCUT2D eigenvalue weighted by atomic mass is 10.2. The van der Waals surface area contributed by atoms with Gasteiger partial charge in [0.05, 0.1) is 8.66 Å². The molecule has 3 rings (SSSR count). The number of rotatable bonds is 3. The maximum absolute atomic E-state index is 12.3. The summed E-state index contributed by atoms with van der Waals surface area (Å²) in [5.41, 5.74) is 0. The Morgan fingerprint density at radius 2 is 1.83 bits per heavy atom. The second-order valence-corrected chi connectivity index (χ2v) is 8.51. The average molecular weight is 411 g/mol. The number of piperazine rings is 1. The Kier molecular flexibility index (Phi) is 5.30.